The zero-order valence-corrected chi connectivity index (χ0v) is 14.3. The fourth-order valence-corrected chi connectivity index (χ4v) is 2.47. The molecule has 0 spiro atoms. The van der Waals surface area contributed by atoms with Crippen LogP contribution >= 0.6 is 0 Å². The molecule has 5 heteroatoms. The highest BCUT2D eigenvalue weighted by Crippen LogP contribution is 2.18. The van der Waals surface area contributed by atoms with E-state index in [1.807, 2.05) is 68.6 Å². The van der Waals surface area contributed by atoms with Gasteiger partial charge < -0.3 is 9.47 Å². The number of nitrogens with zero attached hydrogens (tertiary/aromatic N) is 2. The summed E-state index contributed by atoms with van der Waals surface area (Å²) in [6.45, 7) is 4.08. The Morgan fingerprint density at radius 1 is 1.12 bits per heavy atom. The van der Waals surface area contributed by atoms with Crippen LogP contribution < -0.4 is 4.74 Å². The van der Waals surface area contributed by atoms with Gasteiger partial charge in [-0.1, -0.05) is 29.8 Å². The fraction of sp³-hybridized carbons (Fsp3) is 0.200. The third-order valence-corrected chi connectivity index (χ3v) is 3.78. The van der Waals surface area contributed by atoms with Crippen molar-refractivity contribution in [2.24, 2.45) is 0 Å². The van der Waals surface area contributed by atoms with Gasteiger partial charge in [0.1, 0.15) is 12.4 Å². The highest BCUT2D eigenvalue weighted by atomic mass is 16.6. The highest BCUT2D eigenvalue weighted by molar-refractivity contribution is 5.71. The predicted molar refractivity (Wildman–Crippen MR) is 94.8 cm³/mol. The van der Waals surface area contributed by atoms with Gasteiger partial charge >= 0.3 is 5.97 Å². The number of hydrogen-bond donors (Lipinski definition) is 0. The topological polar surface area (TPSA) is 53.4 Å². The van der Waals surface area contributed by atoms with Gasteiger partial charge in [-0.25, -0.2) is 9.48 Å². The van der Waals surface area contributed by atoms with Crippen LogP contribution in [0.3, 0.4) is 0 Å². The van der Waals surface area contributed by atoms with E-state index in [2.05, 4.69) is 5.10 Å². The molecule has 0 aliphatic rings. The van der Waals surface area contributed by atoms with E-state index in [0.717, 1.165) is 22.4 Å². The normalized spacial score (nSPS) is 10.5. The van der Waals surface area contributed by atoms with E-state index in [1.54, 1.807) is 10.9 Å². The molecule has 1 heterocycles. The van der Waals surface area contributed by atoms with Crippen LogP contribution in [0.5, 0.6) is 5.75 Å². The second kappa shape index (κ2) is 7.66. The van der Waals surface area contributed by atoms with Crippen molar-refractivity contribution in [3.63, 3.8) is 0 Å². The number of carbonyl (C=O) groups is 1. The standard InChI is InChI=1S/C20H20N2O3/c1-15-4-9-19(16(2)12-15)24-14-20(23)25-13-17-5-7-18(8-6-17)22-11-3-10-21-22/h3-12H,13-14H2,1-2H3. The molecule has 0 radical (unpaired) electrons. The summed E-state index contributed by atoms with van der Waals surface area (Å²) < 4.78 is 12.6. The summed E-state index contributed by atoms with van der Waals surface area (Å²) in [5, 5.41) is 4.17. The second-order valence-electron chi connectivity index (χ2n) is 5.84. The molecule has 0 aliphatic heterocycles. The van der Waals surface area contributed by atoms with Gasteiger partial charge in [0, 0.05) is 12.4 Å². The minimum atomic E-state index is -0.392. The van der Waals surface area contributed by atoms with Gasteiger partial charge in [-0.3, -0.25) is 0 Å². The van der Waals surface area contributed by atoms with E-state index in [0.29, 0.717) is 5.75 Å². The molecule has 5 nitrogen and oxygen atoms in total. The Labute approximate surface area is 146 Å². The van der Waals surface area contributed by atoms with E-state index in [-0.39, 0.29) is 13.2 Å². The number of aryl methyl sites for hydroxylation is 2. The Bertz CT molecular complexity index is 840. The number of esters is 1. The van der Waals surface area contributed by atoms with Crippen molar-refractivity contribution in [2.75, 3.05) is 6.61 Å². The number of aromatic nitrogens is 2. The maximum Gasteiger partial charge on any atom is 0.344 e. The van der Waals surface area contributed by atoms with Crippen LogP contribution in [0.25, 0.3) is 5.69 Å². The van der Waals surface area contributed by atoms with E-state index in [1.165, 1.54) is 0 Å². The molecule has 3 rings (SSSR count). The van der Waals surface area contributed by atoms with Crippen molar-refractivity contribution >= 4 is 5.97 Å². The van der Waals surface area contributed by atoms with Crippen molar-refractivity contribution < 1.29 is 14.3 Å². The predicted octanol–water partition coefficient (Wildman–Crippen LogP) is 3.61. The van der Waals surface area contributed by atoms with Crippen molar-refractivity contribution in [1.29, 1.82) is 0 Å². The van der Waals surface area contributed by atoms with Gasteiger partial charge in [0.25, 0.3) is 0 Å². The number of benzene rings is 2. The lowest BCUT2D eigenvalue weighted by atomic mass is 10.1. The van der Waals surface area contributed by atoms with Crippen LogP contribution in [0.4, 0.5) is 0 Å². The zero-order valence-electron chi connectivity index (χ0n) is 14.3. The molecule has 2 aromatic carbocycles. The number of carbonyl (C=O) groups excluding carboxylic acids is 1. The van der Waals surface area contributed by atoms with Gasteiger partial charge in [0.15, 0.2) is 6.61 Å². The van der Waals surface area contributed by atoms with Crippen LogP contribution in [0.2, 0.25) is 0 Å². The van der Waals surface area contributed by atoms with E-state index >= 15 is 0 Å². The third kappa shape index (κ3) is 4.47. The average Bonchev–Trinajstić information content (AvgIpc) is 3.14. The van der Waals surface area contributed by atoms with Crippen molar-refractivity contribution in [3.05, 3.63) is 77.6 Å². The first-order valence-corrected chi connectivity index (χ1v) is 8.06. The molecule has 0 fully saturated rings. The molecular weight excluding hydrogens is 316 g/mol. The van der Waals surface area contributed by atoms with Gasteiger partial charge in [0.2, 0.25) is 0 Å². The molecule has 0 aliphatic carbocycles. The van der Waals surface area contributed by atoms with Crippen molar-refractivity contribution in [2.45, 2.75) is 20.5 Å². The minimum absolute atomic E-state index is 0.102. The molecule has 128 valence electrons. The van der Waals surface area contributed by atoms with Crippen molar-refractivity contribution in [1.82, 2.24) is 9.78 Å². The number of rotatable bonds is 6. The molecule has 0 amide bonds. The Morgan fingerprint density at radius 3 is 2.60 bits per heavy atom. The third-order valence-electron chi connectivity index (χ3n) is 3.78. The summed E-state index contributed by atoms with van der Waals surface area (Å²) in [6, 6.07) is 15.4. The summed E-state index contributed by atoms with van der Waals surface area (Å²) in [5.74, 6) is 0.308. The van der Waals surface area contributed by atoms with E-state index in [4.69, 9.17) is 9.47 Å². The maximum absolute atomic E-state index is 11.9. The molecule has 0 atom stereocenters. The number of ether oxygens (including phenoxy) is 2. The monoisotopic (exact) mass is 336 g/mol. The van der Waals surface area contributed by atoms with E-state index in [9.17, 15) is 4.79 Å². The maximum atomic E-state index is 11.9. The lowest BCUT2D eigenvalue weighted by Gasteiger charge is -2.10. The first-order valence-electron chi connectivity index (χ1n) is 8.06. The molecule has 0 unspecified atom stereocenters. The van der Waals surface area contributed by atoms with Gasteiger partial charge in [-0.2, -0.15) is 5.10 Å². The number of hydrogen-bond acceptors (Lipinski definition) is 4. The Balaban J connectivity index is 1.49. The highest BCUT2D eigenvalue weighted by Gasteiger charge is 2.07. The lowest BCUT2D eigenvalue weighted by molar-refractivity contribution is -0.147. The lowest BCUT2D eigenvalue weighted by Crippen LogP contribution is -2.15. The summed E-state index contributed by atoms with van der Waals surface area (Å²) >= 11 is 0. The van der Waals surface area contributed by atoms with Gasteiger partial charge in [0.05, 0.1) is 5.69 Å². The summed E-state index contributed by atoms with van der Waals surface area (Å²) in [6.07, 6.45) is 3.60. The zero-order chi connectivity index (χ0) is 17.6. The Morgan fingerprint density at radius 2 is 1.92 bits per heavy atom. The Kier molecular flexibility index (Phi) is 5.14. The van der Waals surface area contributed by atoms with Crippen LogP contribution in [0.15, 0.2) is 60.9 Å². The summed E-state index contributed by atoms with van der Waals surface area (Å²) in [4.78, 5) is 11.9. The molecule has 0 saturated heterocycles. The van der Waals surface area contributed by atoms with Crippen LogP contribution in [-0.4, -0.2) is 22.4 Å². The average molecular weight is 336 g/mol. The largest absolute Gasteiger partial charge is 0.482 e. The minimum Gasteiger partial charge on any atom is -0.482 e. The van der Waals surface area contributed by atoms with E-state index < -0.39 is 5.97 Å². The molecule has 0 bridgehead atoms. The quantitative estimate of drug-likeness (QED) is 0.645. The molecular formula is C20H20N2O3. The van der Waals surface area contributed by atoms with Crippen LogP contribution in [-0.2, 0) is 16.1 Å². The van der Waals surface area contributed by atoms with Gasteiger partial charge in [-0.15, -0.1) is 0 Å². The summed E-state index contributed by atoms with van der Waals surface area (Å²) in [7, 11) is 0. The fourth-order valence-electron chi connectivity index (χ4n) is 2.47. The summed E-state index contributed by atoms with van der Waals surface area (Å²) in [5.41, 5.74) is 4.03. The molecule has 25 heavy (non-hydrogen) atoms. The molecule has 0 N–H and O–H groups in total. The second-order valence-corrected chi connectivity index (χ2v) is 5.84. The molecule has 0 saturated carbocycles. The Hall–Kier alpha value is -3.08. The SMILES string of the molecule is Cc1ccc(OCC(=O)OCc2ccc(-n3cccn3)cc2)c(C)c1. The van der Waals surface area contributed by atoms with Crippen molar-refractivity contribution in [3.8, 4) is 11.4 Å². The van der Waals surface area contributed by atoms with Crippen LogP contribution in [0.1, 0.15) is 16.7 Å². The molecule has 3 aromatic rings. The first kappa shape index (κ1) is 16.8. The van der Waals surface area contributed by atoms with Gasteiger partial charge in [-0.05, 0) is 49.2 Å². The smallest absolute Gasteiger partial charge is 0.344 e. The van der Waals surface area contributed by atoms with Crippen LogP contribution in [0, 0.1) is 13.8 Å². The first-order chi connectivity index (χ1) is 12.1. The molecule has 1 aromatic heterocycles.